The molecule has 56 valence electrons. The normalized spacial score (nSPS) is 50.8. The summed E-state index contributed by atoms with van der Waals surface area (Å²) in [5.41, 5.74) is 0. The first-order chi connectivity index (χ1) is 4.19. The average molecular weight is 354 g/mol. The summed E-state index contributed by atoms with van der Waals surface area (Å²) in [5, 5.41) is 0. The van der Waals surface area contributed by atoms with Crippen LogP contribution in [0.15, 0.2) is 0 Å². The van der Waals surface area contributed by atoms with Crippen LogP contribution in [0.5, 0.6) is 0 Å². The molecule has 1 fully saturated rings. The van der Waals surface area contributed by atoms with Crippen molar-refractivity contribution in [3.8, 4) is 0 Å². The van der Waals surface area contributed by atoms with Gasteiger partial charge in [0.2, 0.25) is 0 Å². The Bertz CT molecular complexity index is 105. The molecule has 0 amide bonds. The number of rotatable bonds is 1. The van der Waals surface area contributed by atoms with Crippen LogP contribution in [0, 0.1) is 0 Å². The van der Waals surface area contributed by atoms with Crippen molar-refractivity contribution in [2.75, 3.05) is 0 Å². The van der Waals surface area contributed by atoms with Crippen LogP contribution >= 0.6 is 18.7 Å². The van der Waals surface area contributed by atoms with E-state index in [2.05, 4.69) is 32.5 Å². The summed E-state index contributed by atoms with van der Waals surface area (Å²) in [7, 11) is 0. The molecular weight excluding hydrogens is 339 g/mol. The third-order valence-corrected chi connectivity index (χ3v) is 25.5. The zero-order chi connectivity index (χ0) is 6.91. The molecule has 0 N–H and O–H groups in total. The minimum absolute atomic E-state index is 1.15. The Morgan fingerprint density at radius 2 is 2.33 bits per heavy atom. The molecule has 1 rings (SSSR count). The van der Waals surface area contributed by atoms with Gasteiger partial charge in [0.05, 0.1) is 0 Å². The topological polar surface area (TPSA) is 0 Å². The molecule has 1 aliphatic rings. The van der Waals surface area contributed by atoms with E-state index < -0.39 is 14.2 Å². The summed E-state index contributed by atoms with van der Waals surface area (Å²) >= 11 is 1.65. The Kier molecular flexibility index (Phi) is 3.14. The molecular formula is C7H15ITe. The Labute approximate surface area is 71.9 Å². The van der Waals surface area contributed by atoms with E-state index in [4.69, 9.17) is 0 Å². The van der Waals surface area contributed by atoms with Crippen LogP contribution in [-0.2, 0) is 0 Å². The predicted molar refractivity (Wildman–Crippen MR) is 53.7 cm³/mol. The van der Waals surface area contributed by atoms with Gasteiger partial charge in [0, 0.05) is 0 Å². The van der Waals surface area contributed by atoms with Crippen molar-refractivity contribution in [2.24, 2.45) is 0 Å². The van der Waals surface area contributed by atoms with Gasteiger partial charge in [0.15, 0.2) is 0 Å². The van der Waals surface area contributed by atoms with Gasteiger partial charge in [-0.15, -0.1) is 0 Å². The molecule has 0 aromatic rings. The van der Waals surface area contributed by atoms with Crippen molar-refractivity contribution < 1.29 is 0 Å². The number of hydrogen-bond acceptors (Lipinski definition) is 0. The minimum atomic E-state index is -1.19. The van der Waals surface area contributed by atoms with E-state index in [1.807, 2.05) is 0 Å². The molecule has 0 nitrogen and oxygen atoms in total. The van der Waals surface area contributed by atoms with Crippen LogP contribution in [0.2, 0.25) is 12.9 Å². The second-order valence-corrected chi connectivity index (χ2v) is 24.5. The van der Waals surface area contributed by atoms with Crippen LogP contribution in [0.4, 0.5) is 0 Å². The fourth-order valence-electron chi connectivity index (χ4n) is 1.45. The van der Waals surface area contributed by atoms with Gasteiger partial charge in [-0.05, 0) is 0 Å². The molecule has 0 aliphatic carbocycles. The number of halogens is 1. The van der Waals surface area contributed by atoms with E-state index in [1.54, 1.807) is 15.4 Å². The second kappa shape index (κ2) is 3.28. The third-order valence-electron chi connectivity index (χ3n) is 2.30. The summed E-state index contributed by atoms with van der Waals surface area (Å²) in [6.45, 7) is 4.87. The van der Waals surface area contributed by atoms with E-state index in [0.29, 0.717) is 0 Å². The fraction of sp³-hybridized carbons (Fsp3) is 1.00. The van der Waals surface area contributed by atoms with Crippen LogP contribution in [0.25, 0.3) is 0 Å². The summed E-state index contributed by atoms with van der Waals surface area (Å²) < 4.78 is 4.34. The molecule has 9 heavy (non-hydrogen) atoms. The van der Waals surface area contributed by atoms with E-state index >= 15 is 0 Å². The van der Waals surface area contributed by atoms with Crippen molar-refractivity contribution in [3.05, 3.63) is 0 Å². The molecule has 0 radical (unpaired) electrons. The molecule has 2 atom stereocenters. The zero-order valence-electron chi connectivity index (χ0n) is 6.19. The predicted octanol–water partition coefficient (Wildman–Crippen LogP) is 3.57. The van der Waals surface area contributed by atoms with Gasteiger partial charge in [0.25, 0.3) is 0 Å². The van der Waals surface area contributed by atoms with Crippen molar-refractivity contribution in [2.45, 2.75) is 39.6 Å². The first-order valence-corrected chi connectivity index (χ1v) is 15.1. The van der Waals surface area contributed by atoms with Crippen molar-refractivity contribution >= 4 is 32.9 Å². The standard InChI is InChI=1S/C7H15ITe/c1-3-9(8)6-4-5-7(9)2/h7H,3-6H2,1-2H3. The van der Waals surface area contributed by atoms with E-state index in [-0.39, 0.29) is 0 Å². The molecule has 0 bridgehead atoms. The fourth-order valence-corrected chi connectivity index (χ4v) is 12.4. The van der Waals surface area contributed by atoms with Crippen molar-refractivity contribution in [3.63, 3.8) is 0 Å². The van der Waals surface area contributed by atoms with Crippen LogP contribution < -0.4 is 0 Å². The summed E-state index contributed by atoms with van der Waals surface area (Å²) in [6.07, 6.45) is 3.08. The van der Waals surface area contributed by atoms with Gasteiger partial charge in [-0.25, -0.2) is 0 Å². The Morgan fingerprint density at radius 3 is 2.56 bits per heavy atom. The average Bonchev–Trinajstić information content (AvgIpc) is 2.15. The molecule has 2 heteroatoms. The van der Waals surface area contributed by atoms with Gasteiger partial charge >= 0.3 is 72.5 Å². The summed E-state index contributed by atoms with van der Waals surface area (Å²) in [6, 6.07) is 0. The monoisotopic (exact) mass is 356 g/mol. The molecule has 0 aromatic carbocycles. The van der Waals surface area contributed by atoms with Crippen LogP contribution in [0.3, 0.4) is 0 Å². The summed E-state index contributed by atoms with van der Waals surface area (Å²) in [4.78, 5) is 0. The molecule has 0 spiro atoms. The van der Waals surface area contributed by atoms with Crippen molar-refractivity contribution in [1.82, 2.24) is 0 Å². The van der Waals surface area contributed by atoms with Gasteiger partial charge in [0.1, 0.15) is 0 Å². The van der Waals surface area contributed by atoms with Crippen LogP contribution in [0.1, 0.15) is 26.7 Å². The SMILES string of the molecule is CC[Te]1(I)CCCC1C. The Hall–Kier alpha value is 1.52. The van der Waals surface area contributed by atoms with E-state index in [9.17, 15) is 0 Å². The first kappa shape index (κ1) is 8.61. The van der Waals surface area contributed by atoms with Gasteiger partial charge in [-0.2, -0.15) is 0 Å². The van der Waals surface area contributed by atoms with Gasteiger partial charge < -0.3 is 0 Å². The maximum atomic E-state index is 2.85. The molecule has 1 heterocycles. The van der Waals surface area contributed by atoms with Crippen molar-refractivity contribution in [1.29, 1.82) is 0 Å². The third kappa shape index (κ3) is 1.75. The van der Waals surface area contributed by atoms with Gasteiger partial charge in [-0.1, -0.05) is 0 Å². The first-order valence-electron chi connectivity index (χ1n) is 3.66. The molecule has 1 aliphatic heterocycles. The Balaban J connectivity index is 2.56. The molecule has 0 saturated carbocycles. The molecule has 0 aromatic heterocycles. The Morgan fingerprint density at radius 1 is 1.67 bits per heavy atom. The second-order valence-electron chi connectivity index (χ2n) is 2.79. The number of hydrogen-bond donors (Lipinski definition) is 0. The van der Waals surface area contributed by atoms with E-state index in [0.717, 1.165) is 3.97 Å². The maximum absolute atomic E-state index is 2.85. The zero-order valence-corrected chi connectivity index (χ0v) is 10.7. The van der Waals surface area contributed by atoms with E-state index in [1.165, 1.54) is 6.42 Å². The quantitative estimate of drug-likeness (QED) is 0.499. The summed E-state index contributed by atoms with van der Waals surface area (Å²) in [5.74, 6) is 0. The van der Waals surface area contributed by atoms with Crippen LogP contribution in [-0.4, -0.2) is 14.2 Å². The molecule has 1 saturated heterocycles. The van der Waals surface area contributed by atoms with Gasteiger partial charge in [-0.3, -0.25) is 0 Å². The molecule has 2 unspecified atom stereocenters.